The highest BCUT2D eigenvalue weighted by atomic mass is 32.1. The lowest BCUT2D eigenvalue weighted by atomic mass is 10.1. The fourth-order valence-electron chi connectivity index (χ4n) is 3.38. The van der Waals surface area contributed by atoms with E-state index in [0.717, 1.165) is 17.1 Å². The Morgan fingerprint density at radius 3 is 2.71 bits per heavy atom. The second-order valence-corrected chi connectivity index (χ2v) is 8.22. The summed E-state index contributed by atoms with van der Waals surface area (Å²) in [5.74, 6) is 0.753. The molecule has 1 aromatic carbocycles. The van der Waals surface area contributed by atoms with E-state index in [1.807, 2.05) is 48.7 Å². The molecule has 1 atom stereocenters. The fourth-order valence-corrected chi connectivity index (χ4v) is 4.07. The van der Waals surface area contributed by atoms with Gasteiger partial charge in [0.25, 0.3) is 0 Å². The van der Waals surface area contributed by atoms with E-state index in [2.05, 4.69) is 17.6 Å². The molecule has 7 heteroatoms. The number of benzene rings is 1. The standard InChI is InChI=1S/C27H22N2O4S/c1-3-14-31-27(30)25(18-9-6-5-7-10-18)33-26-21(17-28)20(23-13-12-19(4-2)32-23)16-22(29-26)24-11-8-15-34-24/h3,5-13,15-16,25H,1,4,14H2,2H3. The Morgan fingerprint density at radius 2 is 2.06 bits per heavy atom. The Labute approximate surface area is 201 Å². The van der Waals surface area contributed by atoms with Crippen LogP contribution < -0.4 is 4.74 Å². The van der Waals surface area contributed by atoms with Gasteiger partial charge in [0, 0.05) is 17.5 Å². The molecule has 0 radical (unpaired) electrons. The number of carbonyl (C=O) groups excluding carboxylic acids is 1. The van der Waals surface area contributed by atoms with Crippen molar-refractivity contribution in [1.82, 2.24) is 4.98 Å². The van der Waals surface area contributed by atoms with Crippen molar-refractivity contribution < 1.29 is 18.7 Å². The van der Waals surface area contributed by atoms with Crippen molar-refractivity contribution in [2.75, 3.05) is 6.61 Å². The molecule has 1 unspecified atom stereocenters. The molecule has 0 bridgehead atoms. The lowest BCUT2D eigenvalue weighted by molar-refractivity contribution is -0.151. The molecule has 4 rings (SSSR count). The smallest absolute Gasteiger partial charge is 0.352 e. The summed E-state index contributed by atoms with van der Waals surface area (Å²) in [6.07, 6.45) is 1.09. The maximum atomic E-state index is 12.9. The number of aromatic nitrogens is 1. The highest BCUT2D eigenvalue weighted by molar-refractivity contribution is 7.13. The molecular formula is C27H22N2O4S. The van der Waals surface area contributed by atoms with Gasteiger partial charge in [-0.25, -0.2) is 9.78 Å². The zero-order valence-corrected chi connectivity index (χ0v) is 19.4. The van der Waals surface area contributed by atoms with Gasteiger partial charge >= 0.3 is 5.97 Å². The van der Waals surface area contributed by atoms with E-state index in [1.165, 1.54) is 17.4 Å². The van der Waals surface area contributed by atoms with E-state index in [4.69, 9.17) is 13.9 Å². The first kappa shape index (κ1) is 23.0. The number of aryl methyl sites for hydroxylation is 1. The lowest BCUT2D eigenvalue weighted by Gasteiger charge is -2.19. The van der Waals surface area contributed by atoms with Crippen LogP contribution in [0.5, 0.6) is 5.88 Å². The Kier molecular flexibility index (Phi) is 7.21. The van der Waals surface area contributed by atoms with Crippen molar-refractivity contribution >= 4 is 17.3 Å². The number of hydrogen-bond donors (Lipinski definition) is 0. The Hall–Kier alpha value is -4.15. The quantitative estimate of drug-likeness (QED) is 0.209. The molecule has 0 N–H and O–H groups in total. The minimum Gasteiger partial charge on any atom is -0.461 e. The summed E-state index contributed by atoms with van der Waals surface area (Å²) in [6.45, 7) is 5.62. The predicted octanol–water partition coefficient (Wildman–Crippen LogP) is 6.35. The van der Waals surface area contributed by atoms with Crippen LogP contribution in [0.1, 0.15) is 29.9 Å². The second-order valence-electron chi connectivity index (χ2n) is 7.27. The molecule has 0 aliphatic carbocycles. The molecule has 0 saturated carbocycles. The van der Waals surface area contributed by atoms with Crippen LogP contribution in [0, 0.1) is 11.3 Å². The van der Waals surface area contributed by atoms with Gasteiger partial charge in [0.15, 0.2) is 0 Å². The number of hydrogen-bond acceptors (Lipinski definition) is 7. The van der Waals surface area contributed by atoms with Crippen LogP contribution in [0.2, 0.25) is 0 Å². The minimum atomic E-state index is -1.12. The molecule has 170 valence electrons. The normalized spacial score (nSPS) is 11.4. The van der Waals surface area contributed by atoms with Crippen molar-refractivity contribution in [3.05, 3.63) is 95.6 Å². The summed E-state index contributed by atoms with van der Waals surface area (Å²) in [4.78, 5) is 18.4. The monoisotopic (exact) mass is 470 g/mol. The van der Waals surface area contributed by atoms with E-state index >= 15 is 0 Å². The summed E-state index contributed by atoms with van der Waals surface area (Å²) in [5, 5.41) is 12.0. The summed E-state index contributed by atoms with van der Waals surface area (Å²) in [6, 6.07) is 20.5. The summed E-state index contributed by atoms with van der Waals surface area (Å²) in [7, 11) is 0. The topological polar surface area (TPSA) is 85.3 Å². The zero-order valence-electron chi connectivity index (χ0n) is 18.6. The van der Waals surface area contributed by atoms with Crippen molar-refractivity contribution in [2.45, 2.75) is 19.4 Å². The van der Waals surface area contributed by atoms with Gasteiger partial charge in [0.05, 0.1) is 10.6 Å². The van der Waals surface area contributed by atoms with Gasteiger partial charge in [-0.05, 0) is 29.6 Å². The molecule has 0 aliphatic rings. The Balaban J connectivity index is 1.85. The summed E-state index contributed by atoms with van der Waals surface area (Å²) >= 11 is 1.51. The molecular weight excluding hydrogens is 448 g/mol. The average Bonchev–Trinajstić information content (AvgIpc) is 3.58. The molecule has 0 saturated heterocycles. The third kappa shape index (κ3) is 4.92. The van der Waals surface area contributed by atoms with Gasteiger partial charge in [-0.3, -0.25) is 0 Å². The maximum Gasteiger partial charge on any atom is 0.352 e. The highest BCUT2D eigenvalue weighted by Crippen LogP contribution is 2.37. The molecule has 3 heterocycles. The molecule has 0 fully saturated rings. The molecule has 34 heavy (non-hydrogen) atoms. The van der Waals surface area contributed by atoms with Gasteiger partial charge in [0.1, 0.15) is 29.8 Å². The summed E-state index contributed by atoms with van der Waals surface area (Å²) in [5.41, 5.74) is 1.91. The number of furan rings is 1. The van der Waals surface area contributed by atoms with Crippen LogP contribution in [-0.2, 0) is 16.0 Å². The number of carbonyl (C=O) groups is 1. The molecule has 3 aromatic heterocycles. The summed E-state index contributed by atoms with van der Waals surface area (Å²) < 4.78 is 17.4. The van der Waals surface area contributed by atoms with E-state index in [-0.39, 0.29) is 18.1 Å². The van der Waals surface area contributed by atoms with Gasteiger partial charge in [0.2, 0.25) is 12.0 Å². The number of ether oxygens (including phenoxy) is 2. The zero-order chi connectivity index (χ0) is 23.9. The third-order valence-corrected chi connectivity index (χ3v) is 5.93. The van der Waals surface area contributed by atoms with Crippen LogP contribution in [0.15, 0.2) is 83.1 Å². The fraction of sp³-hybridized carbons (Fsp3) is 0.148. The molecule has 0 amide bonds. The van der Waals surface area contributed by atoms with Crippen molar-refractivity contribution in [1.29, 1.82) is 5.26 Å². The van der Waals surface area contributed by atoms with Gasteiger partial charge in [-0.15, -0.1) is 11.3 Å². The Bertz CT molecular complexity index is 1320. The van der Waals surface area contributed by atoms with Crippen LogP contribution >= 0.6 is 11.3 Å². The highest BCUT2D eigenvalue weighted by Gasteiger charge is 2.28. The molecule has 6 nitrogen and oxygen atoms in total. The second kappa shape index (κ2) is 10.6. The van der Waals surface area contributed by atoms with Crippen LogP contribution in [-0.4, -0.2) is 17.6 Å². The first-order valence-electron chi connectivity index (χ1n) is 10.7. The van der Waals surface area contributed by atoms with Crippen molar-refractivity contribution in [3.8, 4) is 33.8 Å². The SMILES string of the molecule is C=CCOC(=O)C(Oc1nc(-c2cccs2)cc(-c2ccc(CC)o2)c1C#N)c1ccccc1. The minimum absolute atomic E-state index is 0.0299. The maximum absolute atomic E-state index is 12.9. The van der Waals surface area contributed by atoms with Crippen molar-refractivity contribution in [2.24, 2.45) is 0 Å². The van der Waals surface area contributed by atoms with E-state index < -0.39 is 12.1 Å². The first-order chi connectivity index (χ1) is 16.6. The van der Waals surface area contributed by atoms with E-state index in [1.54, 1.807) is 24.3 Å². The number of nitrogens with zero attached hydrogens (tertiary/aromatic N) is 2. The first-order valence-corrected chi connectivity index (χ1v) is 11.6. The number of thiophene rings is 1. The van der Waals surface area contributed by atoms with E-state index in [0.29, 0.717) is 22.6 Å². The van der Waals surface area contributed by atoms with Crippen LogP contribution in [0.4, 0.5) is 0 Å². The van der Waals surface area contributed by atoms with E-state index in [9.17, 15) is 10.1 Å². The number of pyridine rings is 1. The molecule has 0 spiro atoms. The Morgan fingerprint density at radius 1 is 1.24 bits per heavy atom. The molecule has 0 aliphatic heterocycles. The van der Waals surface area contributed by atoms with Crippen molar-refractivity contribution in [3.63, 3.8) is 0 Å². The number of nitriles is 1. The predicted molar refractivity (Wildman–Crippen MR) is 130 cm³/mol. The average molecular weight is 471 g/mol. The number of esters is 1. The molecule has 4 aromatic rings. The van der Waals surface area contributed by atoms with Crippen LogP contribution in [0.25, 0.3) is 21.9 Å². The lowest BCUT2D eigenvalue weighted by Crippen LogP contribution is -2.22. The van der Waals surface area contributed by atoms with Gasteiger partial charge in [-0.1, -0.05) is 56.0 Å². The van der Waals surface area contributed by atoms with Crippen LogP contribution in [0.3, 0.4) is 0 Å². The largest absolute Gasteiger partial charge is 0.461 e. The number of rotatable bonds is 9. The third-order valence-electron chi connectivity index (χ3n) is 5.04. The van der Waals surface area contributed by atoms with Gasteiger partial charge < -0.3 is 13.9 Å². The van der Waals surface area contributed by atoms with Gasteiger partial charge in [-0.2, -0.15) is 5.26 Å².